The van der Waals surface area contributed by atoms with Gasteiger partial charge in [-0.3, -0.25) is 0 Å². The predicted molar refractivity (Wildman–Crippen MR) is 129 cm³/mol. The maximum Gasteiger partial charge on any atom is 0.416 e. The second-order valence-electron chi connectivity index (χ2n) is 8.30. The van der Waals surface area contributed by atoms with Crippen molar-refractivity contribution in [2.75, 3.05) is 38.3 Å². The molecular weight excluding hydrogens is 473 g/mol. The number of hydrogen-bond donors (Lipinski definition) is 1. The number of aromatic nitrogens is 3. The number of methoxy groups -OCH3 is 1. The normalized spacial score (nSPS) is 14.3. The fourth-order valence-corrected chi connectivity index (χ4v) is 4.20. The fraction of sp³-hybridized carbons (Fsp3) is 0.269. The number of halogens is 3. The number of aliphatic hydroxyl groups is 1. The molecule has 0 saturated carbocycles. The third-order valence-electron chi connectivity index (χ3n) is 6.04. The number of morpholine rings is 1. The van der Waals surface area contributed by atoms with Crippen molar-refractivity contribution in [3.63, 3.8) is 0 Å². The lowest BCUT2D eigenvalue weighted by Crippen LogP contribution is -2.37. The van der Waals surface area contributed by atoms with Crippen LogP contribution in [0.5, 0.6) is 5.75 Å². The molecule has 0 radical (unpaired) electrons. The minimum atomic E-state index is -4.48. The van der Waals surface area contributed by atoms with Crippen LogP contribution in [0.2, 0.25) is 0 Å². The van der Waals surface area contributed by atoms with Gasteiger partial charge in [0, 0.05) is 29.8 Å². The second-order valence-corrected chi connectivity index (χ2v) is 8.30. The van der Waals surface area contributed by atoms with E-state index >= 15 is 0 Å². The third-order valence-corrected chi connectivity index (χ3v) is 6.04. The zero-order chi connectivity index (χ0) is 25.3. The van der Waals surface area contributed by atoms with Crippen LogP contribution in [-0.4, -0.2) is 53.5 Å². The standard InChI is InChI=1S/C26H23F3N4O3/c1-35-22-8-5-16(13-18(22)15-34)21-7-6-20-24(30-21)31-23(32-25(20)33-9-11-36-12-10-33)17-3-2-4-19(14-17)26(27,28)29/h2-8,13-14,34H,9-12,15H2,1H3. The molecule has 4 aromatic rings. The van der Waals surface area contributed by atoms with Gasteiger partial charge in [-0.25, -0.2) is 15.0 Å². The molecule has 1 saturated heterocycles. The summed E-state index contributed by atoms with van der Waals surface area (Å²) in [4.78, 5) is 16.0. The zero-order valence-electron chi connectivity index (χ0n) is 19.4. The largest absolute Gasteiger partial charge is 0.496 e. The van der Waals surface area contributed by atoms with Crippen LogP contribution >= 0.6 is 0 Å². The predicted octanol–water partition coefficient (Wildman–Crippen LogP) is 4.72. The van der Waals surface area contributed by atoms with E-state index in [-0.39, 0.29) is 18.0 Å². The van der Waals surface area contributed by atoms with Crippen LogP contribution in [0.3, 0.4) is 0 Å². The van der Waals surface area contributed by atoms with Gasteiger partial charge in [0.15, 0.2) is 11.5 Å². The average Bonchev–Trinajstić information content (AvgIpc) is 2.91. The first-order chi connectivity index (χ1) is 17.4. The van der Waals surface area contributed by atoms with Crippen molar-refractivity contribution in [2.45, 2.75) is 12.8 Å². The first-order valence-corrected chi connectivity index (χ1v) is 11.3. The molecule has 36 heavy (non-hydrogen) atoms. The van der Waals surface area contributed by atoms with E-state index in [1.54, 1.807) is 18.2 Å². The smallest absolute Gasteiger partial charge is 0.416 e. The Bertz CT molecular complexity index is 1410. The van der Waals surface area contributed by atoms with E-state index in [2.05, 4.69) is 9.97 Å². The van der Waals surface area contributed by atoms with Crippen molar-refractivity contribution in [1.82, 2.24) is 15.0 Å². The van der Waals surface area contributed by atoms with Gasteiger partial charge in [0.25, 0.3) is 0 Å². The van der Waals surface area contributed by atoms with Gasteiger partial charge >= 0.3 is 6.18 Å². The zero-order valence-corrected chi connectivity index (χ0v) is 19.4. The number of pyridine rings is 1. The van der Waals surface area contributed by atoms with Crippen LogP contribution in [0.15, 0.2) is 54.6 Å². The van der Waals surface area contributed by atoms with Crippen LogP contribution in [0.25, 0.3) is 33.7 Å². The molecule has 0 unspecified atom stereocenters. The number of anilines is 1. The highest BCUT2D eigenvalue weighted by Crippen LogP contribution is 2.34. The van der Waals surface area contributed by atoms with Crippen molar-refractivity contribution < 1.29 is 27.8 Å². The first-order valence-electron chi connectivity index (χ1n) is 11.3. The van der Waals surface area contributed by atoms with Crippen LogP contribution in [0, 0.1) is 0 Å². The Kier molecular flexibility index (Phi) is 6.46. The molecule has 0 aliphatic carbocycles. The molecule has 0 spiro atoms. The number of rotatable bonds is 5. The monoisotopic (exact) mass is 496 g/mol. The summed E-state index contributed by atoms with van der Waals surface area (Å²) in [5.74, 6) is 1.32. The summed E-state index contributed by atoms with van der Waals surface area (Å²) in [7, 11) is 1.53. The van der Waals surface area contributed by atoms with E-state index in [1.165, 1.54) is 13.2 Å². The second kappa shape index (κ2) is 9.71. The summed E-state index contributed by atoms with van der Waals surface area (Å²) in [6.07, 6.45) is -4.48. The molecule has 10 heteroatoms. The summed E-state index contributed by atoms with van der Waals surface area (Å²) in [5.41, 5.74) is 1.79. The fourth-order valence-electron chi connectivity index (χ4n) is 4.20. The minimum absolute atomic E-state index is 0.158. The number of ether oxygens (including phenoxy) is 2. The Hall–Kier alpha value is -3.76. The van der Waals surface area contributed by atoms with Crippen LogP contribution in [-0.2, 0) is 17.5 Å². The number of hydrogen-bond acceptors (Lipinski definition) is 7. The molecule has 1 N–H and O–H groups in total. The number of nitrogens with zero attached hydrogens (tertiary/aromatic N) is 4. The Morgan fingerprint density at radius 2 is 1.78 bits per heavy atom. The van der Waals surface area contributed by atoms with Crippen molar-refractivity contribution in [2.24, 2.45) is 0 Å². The van der Waals surface area contributed by atoms with E-state index in [9.17, 15) is 18.3 Å². The van der Waals surface area contributed by atoms with E-state index in [1.807, 2.05) is 23.1 Å². The summed E-state index contributed by atoms with van der Waals surface area (Å²) >= 11 is 0. The van der Waals surface area contributed by atoms with Gasteiger partial charge in [0.1, 0.15) is 11.6 Å². The first kappa shape index (κ1) is 24.0. The van der Waals surface area contributed by atoms with E-state index in [0.29, 0.717) is 60.2 Å². The van der Waals surface area contributed by atoms with Crippen molar-refractivity contribution >= 4 is 16.9 Å². The molecule has 1 fully saturated rings. The maximum absolute atomic E-state index is 13.4. The van der Waals surface area contributed by atoms with Gasteiger partial charge < -0.3 is 19.5 Å². The highest BCUT2D eigenvalue weighted by atomic mass is 19.4. The molecule has 5 rings (SSSR count). The molecule has 2 aromatic carbocycles. The molecule has 3 heterocycles. The lowest BCUT2D eigenvalue weighted by atomic mass is 10.1. The lowest BCUT2D eigenvalue weighted by molar-refractivity contribution is -0.137. The van der Waals surface area contributed by atoms with E-state index < -0.39 is 11.7 Å². The summed E-state index contributed by atoms with van der Waals surface area (Å²) in [5, 5.41) is 10.4. The molecule has 2 aromatic heterocycles. The average molecular weight is 496 g/mol. The van der Waals surface area contributed by atoms with Gasteiger partial charge in [-0.05, 0) is 42.5 Å². The van der Waals surface area contributed by atoms with Gasteiger partial charge in [0.2, 0.25) is 0 Å². The van der Waals surface area contributed by atoms with Gasteiger partial charge in [-0.1, -0.05) is 12.1 Å². The Morgan fingerprint density at radius 1 is 0.972 bits per heavy atom. The quantitative estimate of drug-likeness (QED) is 0.429. The molecule has 7 nitrogen and oxygen atoms in total. The number of aliphatic hydroxyl groups excluding tert-OH is 1. The van der Waals surface area contributed by atoms with E-state index in [0.717, 1.165) is 17.7 Å². The maximum atomic E-state index is 13.4. The van der Waals surface area contributed by atoms with Gasteiger partial charge in [0.05, 0.1) is 43.6 Å². The summed E-state index contributed by atoms with van der Waals surface area (Å²) in [6.45, 7) is 2.02. The highest BCUT2D eigenvalue weighted by molar-refractivity contribution is 5.90. The molecule has 0 atom stereocenters. The van der Waals surface area contributed by atoms with Gasteiger partial charge in [-0.15, -0.1) is 0 Å². The molecule has 1 aliphatic heterocycles. The van der Waals surface area contributed by atoms with E-state index in [4.69, 9.17) is 14.5 Å². The summed E-state index contributed by atoms with van der Waals surface area (Å²) < 4.78 is 50.8. The third kappa shape index (κ3) is 4.69. The Balaban J connectivity index is 1.67. The molecular formula is C26H23F3N4O3. The highest BCUT2D eigenvalue weighted by Gasteiger charge is 2.31. The van der Waals surface area contributed by atoms with Crippen LogP contribution in [0.1, 0.15) is 11.1 Å². The van der Waals surface area contributed by atoms with Crippen LogP contribution < -0.4 is 9.64 Å². The van der Waals surface area contributed by atoms with Gasteiger partial charge in [-0.2, -0.15) is 13.2 Å². The van der Waals surface area contributed by atoms with Crippen molar-refractivity contribution in [3.8, 4) is 28.4 Å². The molecule has 0 bridgehead atoms. The minimum Gasteiger partial charge on any atom is -0.496 e. The Labute approximate surface area is 205 Å². The van der Waals surface area contributed by atoms with Crippen molar-refractivity contribution in [3.05, 3.63) is 65.7 Å². The Morgan fingerprint density at radius 3 is 2.50 bits per heavy atom. The van der Waals surface area contributed by atoms with Crippen molar-refractivity contribution in [1.29, 1.82) is 0 Å². The molecule has 186 valence electrons. The lowest BCUT2D eigenvalue weighted by Gasteiger charge is -2.29. The van der Waals surface area contributed by atoms with Crippen LogP contribution in [0.4, 0.5) is 19.0 Å². The SMILES string of the molecule is COc1ccc(-c2ccc3c(N4CCOCC4)nc(-c4cccc(C(F)(F)F)c4)nc3n2)cc1CO. The summed E-state index contributed by atoms with van der Waals surface area (Å²) in [6, 6.07) is 14.0. The number of benzene rings is 2. The number of fused-ring (bicyclic) bond motifs is 1. The topological polar surface area (TPSA) is 80.6 Å². The molecule has 0 amide bonds. The number of alkyl halides is 3. The molecule has 1 aliphatic rings.